The number of carbonyl (C=O) groups is 1. The standard InChI is InChI=1S/C10H5F2NO4/c11-4-1-2-5(12)9(14)8(4)7-3-6(10(15)16)13-17-7/h1-3,14H,(H,15,16). The Balaban J connectivity index is 2.60. The molecular weight excluding hydrogens is 236 g/mol. The van der Waals surface area contributed by atoms with E-state index in [1.54, 1.807) is 0 Å². The average Bonchev–Trinajstić information content (AvgIpc) is 2.73. The first-order valence-corrected chi connectivity index (χ1v) is 4.38. The highest BCUT2D eigenvalue weighted by Crippen LogP contribution is 2.34. The van der Waals surface area contributed by atoms with Gasteiger partial charge in [-0.15, -0.1) is 0 Å². The number of carboxylic acid groups (broad SMARTS) is 1. The molecule has 0 amide bonds. The Kier molecular flexibility index (Phi) is 2.51. The average molecular weight is 241 g/mol. The molecule has 0 bridgehead atoms. The molecule has 17 heavy (non-hydrogen) atoms. The molecule has 0 radical (unpaired) electrons. The van der Waals surface area contributed by atoms with Crippen molar-refractivity contribution in [3.63, 3.8) is 0 Å². The largest absolute Gasteiger partial charge is 0.504 e. The van der Waals surface area contributed by atoms with Crippen LogP contribution >= 0.6 is 0 Å². The van der Waals surface area contributed by atoms with E-state index in [9.17, 15) is 18.7 Å². The molecule has 2 N–H and O–H groups in total. The Bertz CT molecular complexity index is 594. The van der Waals surface area contributed by atoms with Gasteiger partial charge in [-0.2, -0.15) is 0 Å². The number of hydrogen-bond donors (Lipinski definition) is 2. The minimum Gasteiger partial charge on any atom is -0.504 e. The lowest BCUT2D eigenvalue weighted by Crippen LogP contribution is -1.94. The zero-order valence-electron chi connectivity index (χ0n) is 8.15. The van der Waals surface area contributed by atoms with Gasteiger partial charge in [-0.05, 0) is 12.1 Å². The van der Waals surface area contributed by atoms with Crippen molar-refractivity contribution >= 4 is 5.97 Å². The highest BCUT2D eigenvalue weighted by atomic mass is 19.1. The Morgan fingerprint density at radius 2 is 1.94 bits per heavy atom. The fourth-order valence-corrected chi connectivity index (χ4v) is 1.27. The number of nitrogens with zero attached hydrogens (tertiary/aromatic N) is 1. The molecule has 7 heteroatoms. The fraction of sp³-hybridized carbons (Fsp3) is 0. The van der Waals surface area contributed by atoms with Gasteiger partial charge >= 0.3 is 5.97 Å². The number of hydrogen-bond acceptors (Lipinski definition) is 4. The van der Waals surface area contributed by atoms with Crippen molar-refractivity contribution in [1.29, 1.82) is 0 Å². The lowest BCUT2D eigenvalue weighted by Gasteiger charge is -2.02. The van der Waals surface area contributed by atoms with E-state index in [2.05, 4.69) is 9.68 Å². The van der Waals surface area contributed by atoms with Crippen LogP contribution in [0.15, 0.2) is 22.7 Å². The van der Waals surface area contributed by atoms with Crippen LogP contribution in [0.2, 0.25) is 0 Å². The second kappa shape index (κ2) is 3.85. The van der Waals surface area contributed by atoms with Crippen LogP contribution in [-0.4, -0.2) is 21.3 Å². The molecule has 0 fully saturated rings. The maximum absolute atomic E-state index is 13.4. The molecule has 0 saturated carbocycles. The van der Waals surface area contributed by atoms with Crippen LogP contribution in [0.3, 0.4) is 0 Å². The number of benzene rings is 1. The lowest BCUT2D eigenvalue weighted by molar-refractivity contribution is 0.0686. The van der Waals surface area contributed by atoms with Crippen LogP contribution < -0.4 is 0 Å². The third-order valence-corrected chi connectivity index (χ3v) is 2.05. The zero-order valence-corrected chi connectivity index (χ0v) is 8.15. The Hall–Kier alpha value is -2.44. The van der Waals surface area contributed by atoms with Gasteiger partial charge in [0.1, 0.15) is 11.4 Å². The number of aromatic nitrogens is 1. The molecule has 0 saturated heterocycles. The van der Waals surface area contributed by atoms with Gasteiger partial charge in [0.05, 0.1) is 0 Å². The lowest BCUT2D eigenvalue weighted by atomic mass is 10.1. The molecule has 0 aliphatic heterocycles. The van der Waals surface area contributed by atoms with Crippen molar-refractivity contribution in [3.8, 4) is 17.1 Å². The predicted octanol–water partition coefficient (Wildman–Crippen LogP) is 2.02. The second-order valence-corrected chi connectivity index (χ2v) is 3.13. The number of carboxylic acids is 1. The summed E-state index contributed by atoms with van der Waals surface area (Å²) in [5.74, 6) is -4.70. The van der Waals surface area contributed by atoms with E-state index in [1.165, 1.54) is 0 Å². The normalized spacial score (nSPS) is 10.5. The molecule has 0 aliphatic carbocycles. The van der Waals surface area contributed by atoms with Crippen molar-refractivity contribution < 1.29 is 28.3 Å². The number of aromatic hydroxyl groups is 1. The van der Waals surface area contributed by atoms with Crippen LogP contribution in [0.4, 0.5) is 8.78 Å². The van der Waals surface area contributed by atoms with Crippen LogP contribution in [0.25, 0.3) is 11.3 Å². The van der Waals surface area contributed by atoms with Crippen molar-refractivity contribution in [1.82, 2.24) is 5.16 Å². The highest BCUT2D eigenvalue weighted by molar-refractivity contribution is 5.86. The number of phenolic OH excluding ortho intramolecular Hbond substituents is 1. The molecule has 0 aliphatic rings. The molecular formula is C10H5F2NO4. The first-order valence-electron chi connectivity index (χ1n) is 4.38. The summed E-state index contributed by atoms with van der Waals surface area (Å²) in [6.07, 6.45) is 0. The molecule has 2 rings (SSSR count). The molecule has 0 spiro atoms. The van der Waals surface area contributed by atoms with E-state index >= 15 is 0 Å². The first-order chi connectivity index (χ1) is 8.00. The number of rotatable bonds is 2. The summed E-state index contributed by atoms with van der Waals surface area (Å²) >= 11 is 0. The van der Waals surface area contributed by atoms with Gasteiger partial charge in [-0.1, -0.05) is 5.16 Å². The van der Waals surface area contributed by atoms with Gasteiger partial charge in [0.2, 0.25) is 0 Å². The third kappa shape index (κ3) is 1.82. The number of phenols is 1. The van der Waals surface area contributed by atoms with E-state index in [0.29, 0.717) is 0 Å². The monoisotopic (exact) mass is 241 g/mol. The summed E-state index contributed by atoms with van der Waals surface area (Å²) in [5, 5.41) is 21.0. The zero-order chi connectivity index (χ0) is 12.6. The number of halogens is 2. The van der Waals surface area contributed by atoms with E-state index in [1.807, 2.05) is 0 Å². The Morgan fingerprint density at radius 1 is 1.29 bits per heavy atom. The minimum atomic E-state index is -1.38. The summed E-state index contributed by atoms with van der Waals surface area (Å²) in [5.41, 5.74) is -1.03. The molecule has 0 atom stereocenters. The quantitative estimate of drug-likeness (QED) is 0.840. The summed E-state index contributed by atoms with van der Waals surface area (Å²) < 4.78 is 30.9. The smallest absolute Gasteiger partial charge is 0.358 e. The molecule has 5 nitrogen and oxygen atoms in total. The maximum Gasteiger partial charge on any atom is 0.358 e. The van der Waals surface area contributed by atoms with Crippen molar-refractivity contribution in [2.75, 3.05) is 0 Å². The Morgan fingerprint density at radius 3 is 2.53 bits per heavy atom. The predicted molar refractivity (Wildman–Crippen MR) is 50.5 cm³/mol. The molecule has 2 aromatic rings. The Labute approximate surface area is 92.9 Å². The van der Waals surface area contributed by atoms with E-state index in [4.69, 9.17) is 5.11 Å². The third-order valence-electron chi connectivity index (χ3n) is 2.05. The number of aromatic carboxylic acids is 1. The fourth-order valence-electron chi connectivity index (χ4n) is 1.27. The topological polar surface area (TPSA) is 83.6 Å². The van der Waals surface area contributed by atoms with Gasteiger partial charge in [-0.25, -0.2) is 13.6 Å². The molecule has 1 aromatic heterocycles. The molecule has 0 unspecified atom stereocenters. The van der Waals surface area contributed by atoms with Gasteiger partial charge < -0.3 is 14.7 Å². The van der Waals surface area contributed by atoms with E-state index in [-0.39, 0.29) is 5.76 Å². The van der Waals surface area contributed by atoms with Crippen LogP contribution in [0.1, 0.15) is 10.5 Å². The van der Waals surface area contributed by atoms with E-state index in [0.717, 1.165) is 18.2 Å². The minimum absolute atomic E-state index is 0.364. The van der Waals surface area contributed by atoms with Crippen molar-refractivity contribution in [3.05, 3.63) is 35.5 Å². The van der Waals surface area contributed by atoms with Gasteiger partial charge in [-0.3, -0.25) is 0 Å². The van der Waals surface area contributed by atoms with Gasteiger partial charge in [0.15, 0.2) is 23.0 Å². The molecule has 1 heterocycles. The summed E-state index contributed by atoms with van der Waals surface area (Å²) in [6.45, 7) is 0. The van der Waals surface area contributed by atoms with Gasteiger partial charge in [0, 0.05) is 6.07 Å². The van der Waals surface area contributed by atoms with Crippen molar-refractivity contribution in [2.45, 2.75) is 0 Å². The van der Waals surface area contributed by atoms with Gasteiger partial charge in [0.25, 0.3) is 0 Å². The highest BCUT2D eigenvalue weighted by Gasteiger charge is 2.20. The van der Waals surface area contributed by atoms with Crippen LogP contribution in [0.5, 0.6) is 5.75 Å². The molecule has 1 aromatic carbocycles. The SMILES string of the molecule is O=C(O)c1cc(-c2c(F)ccc(F)c2O)on1. The van der Waals surface area contributed by atoms with Crippen LogP contribution in [0, 0.1) is 11.6 Å². The maximum atomic E-state index is 13.4. The second-order valence-electron chi connectivity index (χ2n) is 3.13. The van der Waals surface area contributed by atoms with Crippen molar-refractivity contribution in [2.24, 2.45) is 0 Å². The summed E-state index contributed by atoms with van der Waals surface area (Å²) in [4.78, 5) is 10.5. The molecule has 88 valence electrons. The summed E-state index contributed by atoms with van der Waals surface area (Å²) in [6, 6.07) is 2.41. The summed E-state index contributed by atoms with van der Waals surface area (Å²) in [7, 11) is 0. The van der Waals surface area contributed by atoms with E-state index < -0.39 is 34.6 Å². The first kappa shape index (κ1) is 11.1. The van der Waals surface area contributed by atoms with Crippen LogP contribution in [-0.2, 0) is 0 Å².